The fourth-order valence-corrected chi connectivity index (χ4v) is 2.89. The van der Waals surface area contributed by atoms with Gasteiger partial charge in [0.15, 0.2) is 11.9 Å². The lowest BCUT2D eigenvalue weighted by Gasteiger charge is -2.13. The summed E-state index contributed by atoms with van der Waals surface area (Å²) < 4.78 is 7.88. The van der Waals surface area contributed by atoms with Gasteiger partial charge in [-0.2, -0.15) is 0 Å². The number of hydrogen-bond acceptors (Lipinski definition) is 8. The summed E-state index contributed by atoms with van der Waals surface area (Å²) in [6, 6.07) is 9.66. The molecule has 10 heteroatoms. The van der Waals surface area contributed by atoms with E-state index in [2.05, 4.69) is 4.74 Å². The number of aliphatic hydroxyl groups excluding tert-OH is 4. The summed E-state index contributed by atoms with van der Waals surface area (Å²) in [4.78, 5) is 24.7. The van der Waals surface area contributed by atoms with Gasteiger partial charge in [-0.25, -0.2) is 9.48 Å². The Kier molecular flexibility index (Phi) is 6.72. The average Bonchev–Trinajstić information content (AvgIpc) is 3.08. The molecule has 1 aromatic carbocycles. The van der Waals surface area contributed by atoms with Crippen LogP contribution in [0, 0.1) is 6.92 Å². The topological polar surface area (TPSA) is 137 Å². The molecule has 2 atom stereocenters. The molecule has 0 bridgehead atoms. The van der Waals surface area contributed by atoms with Gasteiger partial charge < -0.3 is 30.1 Å². The van der Waals surface area contributed by atoms with E-state index in [0.717, 1.165) is 17.1 Å². The van der Waals surface area contributed by atoms with E-state index in [9.17, 15) is 9.59 Å². The molecule has 3 rings (SSSR count). The summed E-state index contributed by atoms with van der Waals surface area (Å²) in [6.07, 6.45) is -2.78. The average molecular weight is 407 g/mol. The maximum Gasteiger partial charge on any atom is 0.377 e. The van der Waals surface area contributed by atoms with Gasteiger partial charge in [0, 0.05) is 21.1 Å². The lowest BCUT2D eigenvalue weighted by atomic mass is 10.2. The molecule has 29 heavy (non-hydrogen) atoms. The number of carbonyl (C=O) groups is 1. The van der Waals surface area contributed by atoms with E-state index in [4.69, 9.17) is 20.4 Å². The van der Waals surface area contributed by atoms with E-state index < -0.39 is 36.3 Å². The molecule has 0 saturated heterocycles. The standard InChI is InChI=1S/C13H17N3O.C6H8O6/c1-10-12(14(2)3)13(17)16(15(10)4)11-8-6-5-7-9-11;7-1-2(8)5-3(9)4(10)6(11)12-5/h5-9H,1-4H3;2,5,7-10H,1H2/t;2-,5+/m.0/s1. The Morgan fingerprint density at radius 1 is 1.17 bits per heavy atom. The third-order valence-electron chi connectivity index (χ3n) is 4.45. The van der Waals surface area contributed by atoms with Crippen LogP contribution in [0.4, 0.5) is 5.69 Å². The van der Waals surface area contributed by atoms with Gasteiger partial charge in [0.05, 0.1) is 18.0 Å². The Hall–Kier alpha value is -3.24. The number of benzene rings is 1. The molecule has 2 aromatic rings. The Bertz CT molecular complexity index is 960. The molecule has 158 valence electrons. The first kappa shape index (κ1) is 22.1. The number of aromatic nitrogens is 2. The van der Waals surface area contributed by atoms with E-state index >= 15 is 0 Å². The van der Waals surface area contributed by atoms with Gasteiger partial charge in [0.1, 0.15) is 11.8 Å². The van der Waals surface area contributed by atoms with Crippen LogP contribution in [-0.2, 0) is 16.6 Å². The first-order valence-corrected chi connectivity index (χ1v) is 8.75. The Balaban J connectivity index is 0.000000221. The number of rotatable bonds is 4. The molecular weight excluding hydrogens is 382 g/mol. The molecule has 0 saturated carbocycles. The molecule has 0 radical (unpaired) electrons. The summed E-state index contributed by atoms with van der Waals surface area (Å²) in [6.45, 7) is 1.28. The van der Waals surface area contributed by atoms with Gasteiger partial charge in [-0.15, -0.1) is 0 Å². The quantitative estimate of drug-likeness (QED) is 0.526. The third kappa shape index (κ3) is 4.28. The number of para-hydroxylation sites is 1. The van der Waals surface area contributed by atoms with Crippen molar-refractivity contribution in [3.8, 4) is 5.69 Å². The van der Waals surface area contributed by atoms with Crippen molar-refractivity contribution < 1.29 is 30.0 Å². The van der Waals surface area contributed by atoms with Crippen molar-refractivity contribution in [2.45, 2.75) is 19.1 Å². The summed E-state index contributed by atoms with van der Waals surface area (Å²) in [7, 11) is 5.68. The van der Waals surface area contributed by atoms with Crippen molar-refractivity contribution in [3.63, 3.8) is 0 Å². The third-order valence-corrected chi connectivity index (χ3v) is 4.45. The van der Waals surface area contributed by atoms with E-state index in [1.165, 1.54) is 0 Å². The molecule has 4 N–H and O–H groups in total. The highest BCUT2D eigenvalue weighted by Crippen LogP contribution is 2.21. The number of hydrogen-bond donors (Lipinski definition) is 4. The highest BCUT2D eigenvalue weighted by molar-refractivity contribution is 5.89. The zero-order chi connectivity index (χ0) is 21.9. The number of cyclic esters (lactones) is 1. The first-order chi connectivity index (χ1) is 13.6. The molecule has 1 aromatic heterocycles. The van der Waals surface area contributed by atoms with Crippen LogP contribution >= 0.6 is 0 Å². The Morgan fingerprint density at radius 2 is 1.76 bits per heavy atom. The van der Waals surface area contributed by atoms with Gasteiger partial charge in [0.2, 0.25) is 5.76 Å². The fraction of sp³-hybridized carbons (Fsp3) is 0.368. The second kappa shape index (κ2) is 8.84. The number of ether oxygens (including phenoxy) is 1. The molecule has 0 fully saturated rings. The fourth-order valence-electron chi connectivity index (χ4n) is 2.89. The summed E-state index contributed by atoms with van der Waals surface area (Å²) in [5.41, 5.74) is 2.60. The van der Waals surface area contributed by atoms with Crippen LogP contribution in [0.2, 0.25) is 0 Å². The second-order valence-electron chi connectivity index (χ2n) is 6.61. The van der Waals surface area contributed by atoms with Crippen LogP contribution in [0.15, 0.2) is 46.6 Å². The second-order valence-corrected chi connectivity index (χ2v) is 6.61. The highest BCUT2D eigenvalue weighted by Gasteiger charge is 2.38. The zero-order valence-electron chi connectivity index (χ0n) is 16.6. The molecule has 0 unspecified atom stereocenters. The van der Waals surface area contributed by atoms with E-state index in [1.54, 1.807) is 4.68 Å². The van der Waals surface area contributed by atoms with Gasteiger partial charge in [-0.05, 0) is 19.1 Å². The smallest absolute Gasteiger partial charge is 0.377 e. The Morgan fingerprint density at radius 3 is 2.17 bits per heavy atom. The SMILES string of the molecule is Cc1c(N(C)C)c(=O)n(-c2ccccc2)n1C.O=C1O[C@H]([C@@H](O)CO)C(O)=C1O. The molecule has 1 aliphatic rings. The number of aliphatic hydroxyl groups is 4. The summed E-state index contributed by atoms with van der Waals surface area (Å²) in [5, 5.41) is 35.0. The lowest BCUT2D eigenvalue weighted by molar-refractivity contribution is -0.147. The molecular formula is C19H25N3O7. The molecule has 0 amide bonds. The summed E-state index contributed by atoms with van der Waals surface area (Å²) >= 11 is 0. The number of anilines is 1. The Labute approximate surface area is 167 Å². The monoisotopic (exact) mass is 407 g/mol. The number of esters is 1. The maximum atomic E-state index is 12.4. The van der Waals surface area contributed by atoms with Crippen molar-refractivity contribution in [2.75, 3.05) is 25.6 Å². The highest BCUT2D eigenvalue weighted by atomic mass is 16.6. The van der Waals surface area contributed by atoms with Crippen LogP contribution in [0.1, 0.15) is 5.69 Å². The summed E-state index contributed by atoms with van der Waals surface area (Å²) in [5.74, 6) is -2.78. The van der Waals surface area contributed by atoms with Crippen molar-refractivity contribution in [1.82, 2.24) is 9.36 Å². The van der Waals surface area contributed by atoms with E-state index in [1.807, 2.05) is 68.0 Å². The minimum absolute atomic E-state index is 0.0150. The zero-order valence-corrected chi connectivity index (χ0v) is 16.6. The van der Waals surface area contributed by atoms with Crippen LogP contribution in [0.5, 0.6) is 0 Å². The van der Waals surface area contributed by atoms with Gasteiger partial charge in [-0.3, -0.25) is 9.48 Å². The number of carbonyl (C=O) groups excluding carboxylic acids is 1. The van der Waals surface area contributed by atoms with Crippen molar-refractivity contribution in [2.24, 2.45) is 7.05 Å². The predicted octanol–water partition coefficient (Wildman–Crippen LogP) is 0.143. The molecule has 0 aliphatic carbocycles. The minimum Gasteiger partial charge on any atom is -0.505 e. The van der Waals surface area contributed by atoms with Crippen LogP contribution < -0.4 is 10.5 Å². The van der Waals surface area contributed by atoms with Crippen LogP contribution in [-0.4, -0.2) is 68.7 Å². The maximum absolute atomic E-state index is 12.4. The van der Waals surface area contributed by atoms with Crippen molar-refractivity contribution >= 4 is 11.7 Å². The van der Waals surface area contributed by atoms with E-state index in [0.29, 0.717) is 0 Å². The number of nitrogens with zero attached hydrogens (tertiary/aromatic N) is 3. The largest absolute Gasteiger partial charge is 0.505 e. The van der Waals surface area contributed by atoms with Crippen LogP contribution in [0.3, 0.4) is 0 Å². The lowest BCUT2D eigenvalue weighted by Crippen LogP contribution is -2.31. The van der Waals surface area contributed by atoms with Crippen LogP contribution in [0.25, 0.3) is 5.69 Å². The molecule has 2 heterocycles. The first-order valence-electron chi connectivity index (χ1n) is 8.75. The molecule has 0 spiro atoms. The molecule has 1 aliphatic heterocycles. The van der Waals surface area contributed by atoms with Gasteiger partial charge >= 0.3 is 5.97 Å². The van der Waals surface area contributed by atoms with Crippen molar-refractivity contribution in [3.05, 3.63) is 57.9 Å². The normalized spacial score (nSPS) is 16.9. The van der Waals surface area contributed by atoms with E-state index in [-0.39, 0.29) is 5.56 Å². The minimum atomic E-state index is -1.42. The predicted molar refractivity (Wildman–Crippen MR) is 105 cm³/mol. The molecule has 10 nitrogen and oxygen atoms in total. The van der Waals surface area contributed by atoms with Gasteiger partial charge in [0.25, 0.3) is 5.56 Å². The van der Waals surface area contributed by atoms with Gasteiger partial charge in [-0.1, -0.05) is 18.2 Å². The van der Waals surface area contributed by atoms with Crippen molar-refractivity contribution in [1.29, 1.82) is 0 Å².